The van der Waals surface area contributed by atoms with Crippen molar-refractivity contribution in [2.45, 2.75) is 77.7 Å². The van der Waals surface area contributed by atoms with Crippen LogP contribution in [0.2, 0.25) is 0 Å². The molecule has 2 heteroatoms. The highest BCUT2D eigenvalue weighted by Gasteiger charge is 2.01. The lowest BCUT2D eigenvalue weighted by Gasteiger charge is -2.12. The lowest BCUT2D eigenvalue weighted by molar-refractivity contribution is 0.0612. The first kappa shape index (κ1) is 16.9. The molecule has 0 amide bonds. The van der Waals surface area contributed by atoms with E-state index in [2.05, 4.69) is 19.2 Å². The van der Waals surface area contributed by atoms with Crippen LogP contribution in [-0.4, -0.2) is 26.3 Å². The molecule has 2 nitrogen and oxygen atoms in total. The number of unbranched alkanes of at least 4 members (excludes halogenated alkanes) is 7. The van der Waals surface area contributed by atoms with Gasteiger partial charge in [-0.3, -0.25) is 0 Å². The second-order valence-electron chi connectivity index (χ2n) is 5.05. The third-order valence-corrected chi connectivity index (χ3v) is 3.22. The van der Waals surface area contributed by atoms with Crippen LogP contribution in [0, 0.1) is 0 Å². The first-order chi connectivity index (χ1) is 8.31. The Morgan fingerprint density at radius 1 is 0.941 bits per heavy atom. The fraction of sp³-hybridized carbons (Fsp3) is 1.00. The summed E-state index contributed by atoms with van der Waals surface area (Å²) in [4.78, 5) is 0. The van der Waals surface area contributed by atoms with E-state index in [9.17, 15) is 0 Å². The van der Waals surface area contributed by atoms with Gasteiger partial charge in [-0.15, -0.1) is 0 Å². The summed E-state index contributed by atoms with van der Waals surface area (Å²) < 4.78 is 5.68. The summed E-state index contributed by atoms with van der Waals surface area (Å²) in [6, 6.07) is 0. The van der Waals surface area contributed by atoms with Gasteiger partial charge in [0.2, 0.25) is 0 Å². The molecule has 0 aromatic rings. The van der Waals surface area contributed by atoms with Gasteiger partial charge in [0.1, 0.15) is 0 Å². The summed E-state index contributed by atoms with van der Waals surface area (Å²) in [5.41, 5.74) is 0. The minimum Gasteiger partial charge on any atom is -0.377 e. The molecule has 0 aromatic carbocycles. The largest absolute Gasteiger partial charge is 0.377 e. The van der Waals surface area contributed by atoms with Gasteiger partial charge in [0.15, 0.2) is 0 Å². The van der Waals surface area contributed by atoms with Crippen molar-refractivity contribution in [3.63, 3.8) is 0 Å². The summed E-state index contributed by atoms with van der Waals surface area (Å²) in [6.07, 6.45) is 12.8. The molecule has 104 valence electrons. The van der Waals surface area contributed by atoms with Crippen molar-refractivity contribution in [1.29, 1.82) is 0 Å². The van der Waals surface area contributed by atoms with Gasteiger partial charge in [-0.2, -0.15) is 0 Å². The topological polar surface area (TPSA) is 21.3 Å². The van der Waals surface area contributed by atoms with Crippen LogP contribution in [0.3, 0.4) is 0 Å². The van der Waals surface area contributed by atoms with E-state index in [-0.39, 0.29) is 0 Å². The predicted molar refractivity (Wildman–Crippen MR) is 76.6 cm³/mol. The van der Waals surface area contributed by atoms with Crippen LogP contribution in [0.25, 0.3) is 0 Å². The molecule has 0 aromatic heterocycles. The molecule has 1 N–H and O–H groups in total. The summed E-state index contributed by atoms with van der Waals surface area (Å²) in [5.74, 6) is 0. The quantitative estimate of drug-likeness (QED) is 0.491. The Balaban J connectivity index is 3.05. The first-order valence-corrected chi connectivity index (χ1v) is 7.57. The van der Waals surface area contributed by atoms with Crippen LogP contribution < -0.4 is 5.32 Å². The summed E-state index contributed by atoms with van der Waals surface area (Å²) in [5, 5.41) is 3.10. The highest BCUT2D eigenvalue weighted by molar-refractivity contribution is 4.53. The van der Waals surface area contributed by atoms with Crippen LogP contribution in [0.15, 0.2) is 0 Å². The van der Waals surface area contributed by atoms with E-state index in [0.717, 1.165) is 13.2 Å². The van der Waals surface area contributed by atoms with E-state index in [1.165, 1.54) is 57.8 Å². The lowest BCUT2D eigenvalue weighted by atomic mass is 10.1. The second-order valence-corrected chi connectivity index (χ2v) is 5.05. The van der Waals surface area contributed by atoms with Gasteiger partial charge < -0.3 is 10.1 Å². The van der Waals surface area contributed by atoms with Crippen LogP contribution >= 0.6 is 0 Å². The van der Waals surface area contributed by atoms with Crippen molar-refractivity contribution in [2.75, 3.05) is 20.2 Å². The van der Waals surface area contributed by atoms with Crippen LogP contribution in [-0.2, 0) is 4.74 Å². The Morgan fingerprint density at radius 2 is 1.53 bits per heavy atom. The van der Waals surface area contributed by atoms with Gasteiger partial charge >= 0.3 is 0 Å². The third-order valence-electron chi connectivity index (χ3n) is 3.22. The van der Waals surface area contributed by atoms with Crippen molar-refractivity contribution in [2.24, 2.45) is 0 Å². The molecule has 0 saturated heterocycles. The van der Waals surface area contributed by atoms with Gasteiger partial charge in [0.05, 0.1) is 12.7 Å². The van der Waals surface area contributed by atoms with E-state index in [1.807, 2.05) is 7.05 Å². The van der Waals surface area contributed by atoms with Crippen molar-refractivity contribution < 1.29 is 4.74 Å². The van der Waals surface area contributed by atoms with E-state index in [4.69, 9.17) is 4.74 Å². The van der Waals surface area contributed by atoms with Gasteiger partial charge in [-0.1, -0.05) is 58.3 Å². The van der Waals surface area contributed by atoms with Crippen LogP contribution in [0.4, 0.5) is 0 Å². The van der Waals surface area contributed by atoms with Crippen molar-refractivity contribution in [1.82, 2.24) is 5.32 Å². The molecule has 0 saturated carbocycles. The van der Waals surface area contributed by atoms with Crippen LogP contribution in [0.5, 0.6) is 0 Å². The minimum absolute atomic E-state index is 0.434. The molecule has 0 aliphatic carbocycles. The van der Waals surface area contributed by atoms with Gasteiger partial charge in [-0.05, 0) is 20.4 Å². The average Bonchev–Trinajstić information content (AvgIpc) is 2.33. The number of likely N-dealkylation sites (N-methyl/N-ethyl adjacent to an activating group) is 1. The first-order valence-electron chi connectivity index (χ1n) is 7.57. The molecule has 0 bridgehead atoms. The minimum atomic E-state index is 0.434. The van der Waals surface area contributed by atoms with Crippen molar-refractivity contribution >= 4 is 0 Å². The van der Waals surface area contributed by atoms with E-state index in [1.54, 1.807) is 0 Å². The molecule has 0 heterocycles. The summed E-state index contributed by atoms with van der Waals surface area (Å²) in [6.45, 7) is 6.27. The van der Waals surface area contributed by atoms with Crippen molar-refractivity contribution in [3.8, 4) is 0 Å². The van der Waals surface area contributed by atoms with E-state index < -0.39 is 0 Å². The molecule has 0 rings (SSSR count). The number of nitrogens with one attached hydrogen (secondary N) is 1. The van der Waals surface area contributed by atoms with E-state index in [0.29, 0.717) is 6.10 Å². The zero-order valence-corrected chi connectivity index (χ0v) is 12.3. The zero-order chi connectivity index (χ0) is 12.8. The monoisotopic (exact) mass is 243 g/mol. The Morgan fingerprint density at radius 3 is 2.12 bits per heavy atom. The Kier molecular flexibility index (Phi) is 13.9. The van der Waals surface area contributed by atoms with Gasteiger partial charge in [-0.25, -0.2) is 0 Å². The zero-order valence-electron chi connectivity index (χ0n) is 12.3. The molecular weight excluding hydrogens is 210 g/mol. The predicted octanol–water partition coefficient (Wildman–Crippen LogP) is 4.14. The molecule has 1 atom stereocenters. The Hall–Kier alpha value is -0.0800. The van der Waals surface area contributed by atoms with Gasteiger partial charge in [0, 0.05) is 6.54 Å². The standard InChI is InChI=1S/C15H33NO/c1-4-5-6-7-8-9-10-11-12-15(2)17-14-13-16-3/h15-16H,4-14H2,1-3H3. The molecule has 17 heavy (non-hydrogen) atoms. The Bertz CT molecular complexity index is 139. The third kappa shape index (κ3) is 13.9. The van der Waals surface area contributed by atoms with Crippen molar-refractivity contribution in [3.05, 3.63) is 0 Å². The maximum atomic E-state index is 5.68. The number of ether oxygens (including phenoxy) is 1. The molecule has 0 aliphatic rings. The van der Waals surface area contributed by atoms with Gasteiger partial charge in [0.25, 0.3) is 0 Å². The molecule has 0 fully saturated rings. The molecular formula is C15H33NO. The fourth-order valence-electron chi connectivity index (χ4n) is 2.01. The van der Waals surface area contributed by atoms with Crippen LogP contribution in [0.1, 0.15) is 71.6 Å². The fourth-order valence-corrected chi connectivity index (χ4v) is 2.01. The maximum Gasteiger partial charge on any atom is 0.0594 e. The summed E-state index contributed by atoms with van der Waals surface area (Å²) in [7, 11) is 1.96. The number of rotatable bonds is 13. The normalized spacial score (nSPS) is 12.9. The highest BCUT2D eigenvalue weighted by atomic mass is 16.5. The number of hydrogen-bond donors (Lipinski definition) is 1. The number of hydrogen-bond acceptors (Lipinski definition) is 2. The van der Waals surface area contributed by atoms with E-state index >= 15 is 0 Å². The maximum absolute atomic E-state index is 5.68. The molecule has 0 aliphatic heterocycles. The Labute approximate surface area is 109 Å². The second kappa shape index (κ2) is 14.0. The highest BCUT2D eigenvalue weighted by Crippen LogP contribution is 2.11. The summed E-state index contributed by atoms with van der Waals surface area (Å²) >= 11 is 0. The molecule has 1 unspecified atom stereocenters. The SMILES string of the molecule is CCCCCCCCCCC(C)OCCNC. The average molecular weight is 243 g/mol. The smallest absolute Gasteiger partial charge is 0.0594 e. The molecule has 0 radical (unpaired) electrons. The lowest BCUT2D eigenvalue weighted by Crippen LogP contribution is -2.18. The molecule has 0 spiro atoms.